The number of ether oxygens (including phenoxy) is 1. The van der Waals surface area contributed by atoms with Crippen molar-refractivity contribution in [3.63, 3.8) is 0 Å². The zero-order chi connectivity index (χ0) is 12.6. The number of nitrogens with one attached hydrogen (secondary N) is 1. The molecular formula is C13H24IN3O. The van der Waals surface area contributed by atoms with Gasteiger partial charge in [-0.3, -0.25) is 0 Å². The fourth-order valence-corrected chi connectivity index (χ4v) is 3.04. The van der Waals surface area contributed by atoms with Gasteiger partial charge in [0.15, 0.2) is 5.96 Å². The van der Waals surface area contributed by atoms with E-state index in [-0.39, 0.29) is 29.4 Å². The lowest BCUT2D eigenvalue weighted by Crippen LogP contribution is -2.67. The number of hydrogen-bond donors (Lipinski definition) is 2. The maximum atomic E-state index is 5.89. The number of nitrogens with two attached hydrogens (primary N) is 1. The molecule has 18 heavy (non-hydrogen) atoms. The molecule has 4 nitrogen and oxygen atoms in total. The average molecular weight is 365 g/mol. The standard InChI is InChI=1S/C13H23N3O.HI/c1-8(2)7-15-12(14)16-10-9-5-6-17-11(9)13(10,3)4;/h9-11H,1,5-7H2,2-4H3,(H3,14,15,16);1H. The number of rotatable bonds is 3. The summed E-state index contributed by atoms with van der Waals surface area (Å²) in [4.78, 5) is 4.27. The van der Waals surface area contributed by atoms with Crippen molar-refractivity contribution in [2.75, 3.05) is 13.2 Å². The second-order valence-electron chi connectivity index (χ2n) is 5.85. The molecule has 1 saturated heterocycles. The maximum Gasteiger partial charge on any atom is 0.189 e. The predicted molar refractivity (Wildman–Crippen MR) is 85.3 cm³/mol. The zero-order valence-electron chi connectivity index (χ0n) is 11.4. The van der Waals surface area contributed by atoms with Crippen molar-refractivity contribution >= 4 is 29.9 Å². The number of fused-ring (bicyclic) bond motifs is 1. The van der Waals surface area contributed by atoms with E-state index in [1.807, 2.05) is 6.92 Å². The fraction of sp³-hybridized carbons (Fsp3) is 0.769. The van der Waals surface area contributed by atoms with Crippen LogP contribution in [0.3, 0.4) is 0 Å². The molecule has 1 aliphatic heterocycles. The minimum Gasteiger partial charge on any atom is -0.377 e. The molecule has 1 saturated carbocycles. The van der Waals surface area contributed by atoms with E-state index in [1.165, 1.54) is 0 Å². The molecule has 0 radical (unpaired) electrons. The van der Waals surface area contributed by atoms with Crippen LogP contribution >= 0.6 is 24.0 Å². The van der Waals surface area contributed by atoms with Crippen molar-refractivity contribution in [1.29, 1.82) is 0 Å². The quantitative estimate of drug-likeness (QED) is 0.348. The van der Waals surface area contributed by atoms with Crippen LogP contribution in [0.5, 0.6) is 0 Å². The third kappa shape index (κ3) is 2.82. The van der Waals surface area contributed by atoms with Gasteiger partial charge in [-0.25, -0.2) is 4.99 Å². The van der Waals surface area contributed by atoms with E-state index in [9.17, 15) is 0 Å². The maximum absolute atomic E-state index is 5.89. The molecule has 0 aromatic carbocycles. The molecule has 0 bridgehead atoms. The minimum atomic E-state index is 0. The van der Waals surface area contributed by atoms with Crippen molar-refractivity contribution < 1.29 is 4.74 Å². The van der Waals surface area contributed by atoms with Crippen LogP contribution in [-0.2, 0) is 4.74 Å². The molecule has 3 unspecified atom stereocenters. The van der Waals surface area contributed by atoms with Gasteiger partial charge in [0.2, 0.25) is 0 Å². The van der Waals surface area contributed by atoms with E-state index < -0.39 is 0 Å². The van der Waals surface area contributed by atoms with Crippen LogP contribution < -0.4 is 11.1 Å². The second-order valence-corrected chi connectivity index (χ2v) is 5.85. The SMILES string of the molecule is C=C(C)CN=C(N)NC1C2CCOC2C1(C)C.I. The van der Waals surface area contributed by atoms with Crippen molar-refractivity contribution in [1.82, 2.24) is 5.32 Å². The number of guanidine groups is 1. The highest BCUT2D eigenvalue weighted by Crippen LogP contribution is 2.51. The van der Waals surface area contributed by atoms with Gasteiger partial charge in [0.05, 0.1) is 12.6 Å². The Balaban J connectivity index is 0.00000162. The van der Waals surface area contributed by atoms with Gasteiger partial charge in [-0.15, -0.1) is 24.0 Å². The van der Waals surface area contributed by atoms with E-state index in [0.717, 1.165) is 18.6 Å². The van der Waals surface area contributed by atoms with Crippen LogP contribution in [0.4, 0.5) is 0 Å². The molecule has 2 fully saturated rings. The predicted octanol–water partition coefficient (Wildman–Crippen LogP) is 1.90. The summed E-state index contributed by atoms with van der Waals surface area (Å²) < 4.78 is 5.74. The smallest absolute Gasteiger partial charge is 0.189 e. The summed E-state index contributed by atoms with van der Waals surface area (Å²) in [6, 6.07) is 0.379. The first-order valence-corrected chi connectivity index (χ1v) is 6.25. The number of aliphatic imine (C=N–C) groups is 1. The van der Waals surface area contributed by atoms with Crippen molar-refractivity contribution in [2.24, 2.45) is 22.1 Å². The molecule has 0 amide bonds. The summed E-state index contributed by atoms with van der Waals surface area (Å²) in [6.07, 6.45) is 1.51. The van der Waals surface area contributed by atoms with Gasteiger partial charge in [-0.05, 0) is 13.3 Å². The average Bonchev–Trinajstić information content (AvgIpc) is 2.69. The van der Waals surface area contributed by atoms with Gasteiger partial charge in [-0.2, -0.15) is 0 Å². The van der Waals surface area contributed by atoms with Gasteiger partial charge in [0.1, 0.15) is 0 Å². The first-order chi connectivity index (χ1) is 7.93. The summed E-state index contributed by atoms with van der Waals surface area (Å²) in [5.74, 6) is 1.11. The first kappa shape index (κ1) is 15.8. The normalized spacial score (nSPS) is 33.1. The van der Waals surface area contributed by atoms with E-state index >= 15 is 0 Å². The van der Waals surface area contributed by atoms with Gasteiger partial charge in [-0.1, -0.05) is 26.0 Å². The zero-order valence-corrected chi connectivity index (χ0v) is 13.7. The van der Waals surface area contributed by atoms with Crippen LogP contribution in [0.1, 0.15) is 27.2 Å². The Hall–Kier alpha value is -0.300. The third-order valence-corrected chi connectivity index (χ3v) is 3.92. The number of halogens is 1. The topological polar surface area (TPSA) is 59.6 Å². The van der Waals surface area contributed by atoms with Gasteiger partial charge in [0.25, 0.3) is 0 Å². The Kier molecular flexibility index (Phi) is 5.05. The van der Waals surface area contributed by atoms with Gasteiger partial charge < -0.3 is 15.8 Å². The van der Waals surface area contributed by atoms with Crippen molar-refractivity contribution in [3.8, 4) is 0 Å². The van der Waals surface area contributed by atoms with Crippen LogP contribution in [0, 0.1) is 11.3 Å². The summed E-state index contributed by atoms with van der Waals surface area (Å²) in [5.41, 5.74) is 7.05. The number of nitrogens with zero attached hydrogens (tertiary/aromatic N) is 1. The molecule has 0 spiro atoms. The van der Waals surface area contributed by atoms with Gasteiger partial charge >= 0.3 is 0 Å². The summed E-state index contributed by atoms with van der Waals surface area (Å²) >= 11 is 0. The molecular weight excluding hydrogens is 341 g/mol. The summed E-state index contributed by atoms with van der Waals surface area (Å²) in [6.45, 7) is 11.7. The summed E-state index contributed by atoms with van der Waals surface area (Å²) in [7, 11) is 0. The van der Waals surface area contributed by atoms with Crippen LogP contribution in [0.25, 0.3) is 0 Å². The molecule has 1 heterocycles. The minimum absolute atomic E-state index is 0. The molecule has 3 atom stereocenters. The van der Waals surface area contributed by atoms with Crippen LogP contribution in [0.15, 0.2) is 17.1 Å². The Morgan fingerprint density at radius 1 is 1.56 bits per heavy atom. The lowest BCUT2D eigenvalue weighted by Gasteiger charge is -2.54. The molecule has 1 aliphatic carbocycles. The monoisotopic (exact) mass is 365 g/mol. The first-order valence-electron chi connectivity index (χ1n) is 6.25. The fourth-order valence-electron chi connectivity index (χ4n) is 3.04. The van der Waals surface area contributed by atoms with E-state index in [1.54, 1.807) is 0 Å². The summed E-state index contributed by atoms with van der Waals surface area (Å²) in [5, 5.41) is 3.34. The van der Waals surface area contributed by atoms with E-state index in [0.29, 0.717) is 30.6 Å². The highest BCUT2D eigenvalue weighted by atomic mass is 127. The lowest BCUT2D eigenvalue weighted by molar-refractivity contribution is -0.106. The van der Waals surface area contributed by atoms with E-state index in [2.05, 4.69) is 30.7 Å². The Morgan fingerprint density at radius 3 is 2.83 bits per heavy atom. The molecule has 2 rings (SSSR count). The second kappa shape index (κ2) is 5.77. The van der Waals surface area contributed by atoms with Crippen LogP contribution in [0.2, 0.25) is 0 Å². The Bertz CT molecular complexity index is 354. The highest BCUT2D eigenvalue weighted by Gasteiger charge is 2.59. The Labute approximate surface area is 126 Å². The van der Waals surface area contributed by atoms with Crippen LogP contribution in [-0.4, -0.2) is 31.3 Å². The molecule has 5 heteroatoms. The highest BCUT2D eigenvalue weighted by molar-refractivity contribution is 14.0. The number of hydrogen-bond acceptors (Lipinski definition) is 2. The third-order valence-electron chi connectivity index (χ3n) is 3.92. The van der Waals surface area contributed by atoms with E-state index in [4.69, 9.17) is 10.5 Å². The van der Waals surface area contributed by atoms with Gasteiger partial charge in [0, 0.05) is 24.0 Å². The van der Waals surface area contributed by atoms with Crippen molar-refractivity contribution in [3.05, 3.63) is 12.2 Å². The molecule has 3 N–H and O–H groups in total. The Morgan fingerprint density at radius 2 is 2.22 bits per heavy atom. The molecule has 0 aromatic rings. The molecule has 2 aliphatic rings. The molecule has 0 aromatic heterocycles. The largest absolute Gasteiger partial charge is 0.377 e. The lowest BCUT2D eigenvalue weighted by atomic mass is 9.57. The molecule has 104 valence electrons. The van der Waals surface area contributed by atoms with Crippen molar-refractivity contribution in [2.45, 2.75) is 39.3 Å².